The first kappa shape index (κ1) is 20.3. The molecule has 0 unspecified atom stereocenters. The van der Waals surface area contributed by atoms with Crippen molar-refractivity contribution >= 4 is 44.6 Å². The Balaban J connectivity index is 1.53. The van der Waals surface area contributed by atoms with Crippen LogP contribution in [0.3, 0.4) is 0 Å². The Morgan fingerprint density at radius 2 is 1.90 bits per heavy atom. The number of nitrogens with zero attached hydrogens (tertiary/aromatic N) is 1. The van der Waals surface area contributed by atoms with E-state index >= 15 is 0 Å². The molecule has 0 atom stereocenters. The van der Waals surface area contributed by atoms with E-state index in [2.05, 4.69) is 10.3 Å². The molecule has 7 nitrogen and oxygen atoms in total. The van der Waals surface area contributed by atoms with Crippen LogP contribution in [-0.4, -0.2) is 37.7 Å². The molecule has 29 heavy (non-hydrogen) atoms. The summed E-state index contributed by atoms with van der Waals surface area (Å²) < 4.78 is 16.3. The Morgan fingerprint density at radius 3 is 2.66 bits per heavy atom. The predicted molar refractivity (Wildman–Crippen MR) is 113 cm³/mol. The van der Waals surface area contributed by atoms with Crippen molar-refractivity contribution < 1.29 is 23.8 Å². The summed E-state index contributed by atoms with van der Waals surface area (Å²) in [4.78, 5) is 28.2. The third kappa shape index (κ3) is 5.32. The number of aryl methyl sites for hydroxylation is 1. The summed E-state index contributed by atoms with van der Waals surface area (Å²) in [6.45, 7) is 1.59. The molecule has 0 fully saturated rings. The van der Waals surface area contributed by atoms with Crippen LogP contribution in [0.2, 0.25) is 0 Å². The highest BCUT2D eigenvalue weighted by Crippen LogP contribution is 2.28. The standard InChI is InChI=1S/C21H20N2O5S/c1-13-4-7-15-18(10-13)29-21(22-15)23-19(24)12-28-20(25)9-6-14-5-8-16(26-2)17(11-14)27-3/h4-11H,12H2,1-3H3,(H,22,23,24)/b9-6+. The summed E-state index contributed by atoms with van der Waals surface area (Å²) >= 11 is 1.37. The maximum absolute atomic E-state index is 12.0. The minimum Gasteiger partial charge on any atom is -0.493 e. The summed E-state index contributed by atoms with van der Waals surface area (Å²) in [6, 6.07) is 11.1. The van der Waals surface area contributed by atoms with E-state index in [0.29, 0.717) is 16.6 Å². The van der Waals surface area contributed by atoms with Gasteiger partial charge in [0.05, 0.1) is 24.4 Å². The van der Waals surface area contributed by atoms with Crippen molar-refractivity contribution in [2.24, 2.45) is 0 Å². The van der Waals surface area contributed by atoms with Gasteiger partial charge in [0, 0.05) is 6.08 Å². The number of carbonyl (C=O) groups is 2. The van der Waals surface area contributed by atoms with Crippen molar-refractivity contribution in [2.75, 3.05) is 26.1 Å². The second kappa shape index (κ2) is 9.20. The molecule has 0 aliphatic rings. The fourth-order valence-corrected chi connectivity index (χ4v) is 3.53. The molecule has 1 aromatic heterocycles. The number of esters is 1. The van der Waals surface area contributed by atoms with Crippen LogP contribution < -0.4 is 14.8 Å². The Bertz CT molecular complexity index is 1070. The highest BCUT2D eigenvalue weighted by molar-refractivity contribution is 7.22. The molecule has 0 aliphatic carbocycles. The van der Waals surface area contributed by atoms with Gasteiger partial charge in [-0.15, -0.1) is 0 Å². The average molecular weight is 412 g/mol. The lowest BCUT2D eigenvalue weighted by Crippen LogP contribution is -2.19. The van der Waals surface area contributed by atoms with Crippen LogP contribution >= 0.6 is 11.3 Å². The SMILES string of the molecule is COc1ccc(/C=C/C(=O)OCC(=O)Nc2nc3ccc(C)cc3s2)cc1OC. The van der Waals surface area contributed by atoms with Gasteiger partial charge in [0.2, 0.25) is 0 Å². The third-order valence-electron chi connectivity index (χ3n) is 3.96. The monoisotopic (exact) mass is 412 g/mol. The largest absolute Gasteiger partial charge is 0.493 e. The van der Waals surface area contributed by atoms with Gasteiger partial charge >= 0.3 is 5.97 Å². The molecule has 0 spiro atoms. The maximum Gasteiger partial charge on any atom is 0.331 e. The molecule has 1 N–H and O–H groups in total. The van der Waals surface area contributed by atoms with Crippen molar-refractivity contribution in [3.8, 4) is 11.5 Å². The van der Waals surface area contributed by atoms with Crippen molar-refractivity contribution in [2.45, 2.75) is 6.92 Å². The Morgan fingerprint density at radius 1 is 1.10 bits per heavy atom. The minimum absolute atomic E-state index is 0.399. The second-order valence-electron chi connectivity index (χ2n) is 6.09. The topological polar surface area (TPSA) is 86.8 Å². The number of anilines is 1. The highest BCUT2D eigenvalue weighted by Gasteiger charge is 2.10. The average Bonchev–Trinajstić information content (AvgIpc) is 3.11. The zero-order valence-corrected chi connectivity index (χ0v) is 17.0. The van der Waals surface area contributed by atoms with Gasteiger partial charge in [-0.05, 0) is 48.4 Å². The molecule has 3 rings (SSSR count). The van der Waals surface area contributed by atoms with Crippen LogP contribution in [0.1, 0.15) is 11.1 Å². The fourth-order valence-electron chi connectivity index (χ4n) is 2.55. The highest BCUT2D eigenvalue weighted by atomic mass is 32.1. The normalized spacial score (nSPS) is 10.9. The fraction of sp³-hybridized carbons (Fsp3) is 0.190. The van der Waals surface area contributed by atoms with Crippen molar-refractivity contribution in [1.29, 1.82) is 0 Å². The zero-order chi connectivity index (χ0) is 20.8. The first-order chi connectivity index (χ1) is 14.0. The van der Waals surface area contributed by atoms with Gasteiger partial charge in [-0.25, -0.2) is 9.78 Å². The Labute approximate surface area is 171 Å². The minimum atomic E-state index is -0.630. The number of ether oxygens (including phenoxy) is 3. The number of benzene rings is 2. The van der Waals surface area contributed by atoms with E-state index in [0.717, 1.165) is 21.3 Å². The lowest BCUT2D eigenvalue weighted by Gasteiger charge is -2.07. The van der Waals surface area contributed by atoms with E-state index in [1.165, 1.54) is 24.5 Å². The summed E-state index contributed by atoms with van der Waals surface area (Å²) in [5, 5.41) is 3.11. The number of rotatable bonds is 7. The number of fused-ring (bicyclic) bond motifs is 1. The van der Waals surface area contributed by atoms with Crippen LogP contribution in [-0.2, 0) is 14.3 Å². The van der Waals surface area contributed by atoms with Gasteiger partial charge in [-0.1, -0.05) is 23.5 Å². The molecular formula is C21H20N2O5S. The summed E-state index contributed by atoms with van der Waals surface area (Å²) in [5.41, 5.74) is 2.66. The molecule has 1 amide bonds. The molecular weight excluding hydrogens is 392 g/mol. The van der Waals surface area contributed by atoms with Gasteiger partial charge in [0.15, 0.2) is 23.2 Å². The number of aromatic nitrogens is 1. The van der Waals surface area contributed by atoms with Crippen molar-refractivity contribution in [3.63, 3.8) is 0 Å². The van der Waals surface area contributed by atoms with Gasteiger partial charge < -0.3 is 14.2 Å². The zero-order valence-electron chi connectivity index (χ0n) is 16.2. The molecule has 3 aromatic rings. The van der Waals surface area contributed by atoms with E-state index < -0.39 is 18.5 Å². The maximum atomic E-state index is 12.0. The van der Waals surface area contributed by atoms with Gasteiger partial charge in [0.25, 0.3) is 5.91 Å². The number of thiazole rings is 1. The smallest absolute Gasteiger partial charge is 0.331 e. The van der Waals surface area contributed by atoms with Crippen molar-refractivity contribution in [3.05, 3.63) is 53.6 Å². The van der Waals surface area contributed by atoms with Crippen LogP contribution in [0.15, 0.2) is 42.5 Å². The molecule has 1 heterocycles. The summed E-state index contributed by atoms with van der Waals surface area (Å²) in [7, 11) is 3.08. The van der Waals surface area contributed by atoms with E-state index in [1.807, 2.05) is 25.1 Å². The number of carbonyl (C=O) groups excluding carboxylic acids is 2. The summed E-state index contributed by atoms with van der Waals surface area (Å²) in [6.07, 6.45) is 2.81. The Kier molecular flexibility index (Phi) is 6.46. The second-order valence-corrected chi connectivity index (χ2v) is 7.12. The van der Waals surface area contributed by atoms with Gasteiger partial charge in [-0.3, -0.25) is 10.1 Å². The lowest BCUT2D eigenvalue weighted by molar-refractivity contribution is -0.142. The number of hydrogen-bond acceptors (Lipinski definition) is 7. The Hall–Kier alpha value is -3.39. The quantitative estimate of drug-likeness (QED) is 0.469. The lowest BCUT2D eigenvalue weighted by atomic mass is 10.2. The molecule has 2 aromatic carbocycles. The molecule has 150 valence electrons. The first-order valence-electron chi connectivity index (χ1n) is 8.72. The van der Waals surface area contributed by atoms with E-state index in [9.17, 15) is 9.59 Å². The number of methoxy groups -OCH3 is 2. The van der Waals surface area contributed by atoms with Crippen LogP contribution in [0.25, 0.3) is 16.3 Å². The van der Waals surface area contributed by atoms with Crippen LogP contribution in [0, 0.1) is 6.92 Å². The number of hydrogen-bond donors (Lipinski definition) is 1. The molecule has 0 aliphatic heterocycles. The van der Waals surface area contributed by atoms with Gasteiger partial charge in [-0.2, -0.15) is 0 Å². The predicted octanol–water partition coefficient (Wildman–Crippen LogP) is 3.82. The van der Waals surface area contributed by atoms with Gasteiger partial charge in [0.1, 0.15) is 0 Å². The molecule has 8 heteroatoms. The molecule has 0 saturated carbocycles. The van der Waals surface area contributed by atoms with Crippen LogP contribution in [0.4, 0.5) is 5.13 Å². The summed E-state index contributed by atoms with van der Waals surface area (Å²) in [5.74, 6) is 0.0610. The van der Waals surface area contributed by atoms with E-state index in [-0.39, 0.29) is 0 Å². The van der Waals surface area contributed by atoms with E-state index in [1.54, 1.807) is 31.4 Å². The number of nitrogens with one attached hydrogen (secondary N) is 1. The van der Waals surface area contributed by atoms with Crippen molar-refractivity contribution in [1.82, 2.24) is 4.98 Å². The molecule has 0 radical (unpaired) electrons. The van der Waals surface area contributed by atoms with Crippen LogP contribution in [0.5, 0.6) is 11.5 Å². The first-order valence-corrected chi connectivity index (χ1v) is 9.54. The third-order valence-corrected chi connectivity index (χ3v) is 4.89. The molecule has 0 bridgehead atoms. The van der Waals surface area contributed by atoms with E-state index in [4.69, 9.17) is 14.2 Å². The number of amides is 1. The molecule has 0 saturated heterocycles.